The van der Waals surface area contributed by atoms with Gasteiger partial charge in [-0.3, -0.25) is 4.79 Å². The van der Waals surface area contributed by atoms with Gasteiger partial charge >= 0.3 is 5.97 Å². The van der Waals surface area contributed by atoms with E-state index in [0.29, 0.717) is 25.8 Å². The molecule has 2 aliphatic rings. The van der Waals surface area contributed by atoms with Crippen LogP contribution >= 0.6 is 0 Å². The van der Waals surface area contributed by atoms with Crippen LogP contribution in [0.4, 0.5) is 0 Å². The Morgan fingerprint density at radius 2 is 1.91 bits per heavy atom. The largest absolute Gasteiger partial charge is 0.453 e. The van der Waals surface area contributed by atoms with Crippen molar-refractivity contribution in [2.45, 2.75) is 57.1 Å². The lowest BCUT2D eigenvalue weighted by Gasteiger charge is -2.30. The highest BCUT2D eigenvalue weighted by Gasteiger charge is 2.39. The van der Waals surface area contributed by atoms with Crippen LogP contribution in [-0.4, -0.2) is 66.6 Å². The molecule has 1 atom stereocenters. The normalized spacial score (nSPS) is 25.7. The van der Waals surface area contributed by atoms with Crippen LogP contribution in [0.1, 0.15) is 45.4 Å². The number of aliphatic hydroxyl groups is 1. The van der Waals surface area contributed by atoms with Gasteiger partial charge in [-0.25, -0.2) is 13.2 Å². The predicted octanol–water partition coefficient (Wildman–Crippen LogP) is 0.260. The Labute approximate surface area is 136 Å². The molecule has 1 amide bonds. The minimum atomic E-state index is -3.08. The van der Waals surface area contributed by atoms with E-state index in [1.165, 1.54) is 4.90 Å². The van der Waals surface area contributed by atoms with Crippen LogP contribution in [0.2, 0.25) is 0 Å². The summed E-state index contributed by atoms with van der Waals surface area (Å²) in [7, 11) is -3.08. The summed E-state index contributed by atoms with van der Waals surface area (Å²) in [6.07, 6.45) is 3.64. The number of nitrogens with zero attached hydrogens (tertiary/aromatic N) is 1. The molecule has 0 radical (unpaired) electrons. The fraction of sp³-hybridized carbons (Fsp3) is 0.867. The second kappa shape index (κ2) is 7.17. The van der Waals surface area contributed by atoms with Crippen molar-refractivity contribution in [3.63, 3.8) is 0 Å². The first-order chi connectivity index (χ1) is 10.8. The highest BCUT2D eigenvalue weighted by atomic mass is 32.2. The molecule has 132 valence electrons. The molecular formula is C15H25NO6S. The summed E-state index contributed by atoms with van der Waals surface area (Å²) in [5.74, 6) is -1.12. The fourth-order valence-electron chi connectivity index (χ4n) is 3.34. The van der Waals surface area contributed by atoms with Crippen LogP contribution in [0, 0.1) is 0 Å². The Balaban J connectivity index is 1.89. The van der Waals surface area contributed by atoms with Crippen molar-refractivity contribution < 1.29 is 27.9 Å². The smallest absolute Gasteiger partial charge is 0.338 e. The minimum Gasteiger partial charge on any atom is -0.453 e. The lowest BCUT2D eigenvalue weighted by atomic mass is 9.85. The van der Waals surface area contributed by atoms with E-state index in [1.54, 1.807) is 6.92 Å². The molecule has 1 saturated carbocycles. The SMILES string of the molecule is CCN(C(=O)COC(=O)C1(O)CCCCC1)C1CCS(=O)(=O)C1. The van der Waals surface area contributed by atoms with Gasteiger partial charge in [0.25, 0.3) is 5.91 Å². The highest BCUT2D eigenvalue weighted by molar-refractivity contribution is 7.91. The lowest BCUT2D eigenvalue weighted by Crippen LogP contribution is -2.46. The number of carbonyl (C=O) groups excluding carboxylic acids is 2. The zero-order valence-corrected chi connectivity index (χ0v) is 14.3. The first-order valence-electron chi connectivity index (χ1n) is 8.17. The standard InChI is InChI=1S/C15H25NO6S/c1-2-16(12-6-9-23(20,21)11-12)13(17)10-22-14(18)15(19)7-4-3-5-8-15/h12,19H,2-11H2,1H3. The van der Waals surface area contributed by atoms with Gasteiger partial charge in [0.1, 0.15) is 0 Å². The van der Waals surface area contributed by atoms with Crippen molar-refractivity contribution in [2.75, 3.05) is 24.7 Å². The van der Waals surface area contributed by atoms with Gasteiger partial charge in [-0.15, -0.1) is 0 Å². The summed E-state index contributed by atoms with van der Waals surface area (Å²) in [5, 5.41) is 10.2. The zero-order valence-electron chi connectivity index (χ0n) is 13.5. The van der Waals surface area contributed by atoms with E-state index in [0.717, 1.165) is 19.3 Å². The van der Waals surface area contributed by atoms with E-state index in [2.05, 4.69) is 0 Å². The van der Waals surface area contributed by atoms with Crippen molar-refractivity contribution in [3.05, 3.63) is 0 Å². The van der Waals surface area contributed by atoms with Crippen LogP contribution < -0.4 is 0 Å². The number of likely N-dealkylation sites (N-methyl/N-ethyl adjacent to an activating group) is 1. The predicted molar refractivity (Wildman–Crippen MR) is 83.4 cm³/mol. The zero-order chi connectivity index (χ0) is 17.1. The fourth-order valence-corrected chi connectivity index (χ4v) is 5.08. The van der Waals surface area contributed by atoms with Crippen molar-refractivity contribution in [1.29, 1.82) is 0 Å². The number of ether oxygens (including phenoxy) is 1. The van der Waals surface area contributed by atoms with E-state index in [9.17, 15) is 23.1 Å². The molecule has 23 heavy (non-hydrogen) atoms. The van der Waals surface area contributed by atoms with Crippen LogP contribution in [0.5, 0.6) is 0 Å². The molecule has 0 aromatic rings. The van der Waals surface area contributed by atoms with Crippen LogP contribution in [0.25, 0.3) is 0 Å². The van der Waals surface area contributed by atoms with Gasteiger partial charge in [0.2, 0.25) is 0 Å². The third-order valence-corrected chi connectivity index (χ3v) is 6.45. The van der Waals surface area contributed by atoms with Gasteiger partial charge in [-0.2, -0.15) is 0 Å². The molecule has 0 spiro atoms. The number of hydrogen-bond acceptors (Lipinski definition) is 6. The molecule has 2 rings (SSSR count). The van der Waals surface area contributed by atoms with E-state index in [-0.39, 0.29) is 17.5 Å². The van der Waals surface area contributed by atoms with Crippen molar-refractivity contribution in [2.24, 2.45) is 0 Å². The van der Waals surface area contributed by atoms with Gasteiger partial charge in [0.15, 0.2) is 22.0 Å². The van der Waals surface area contributed by atoms with E-state index in [4.69, 9.17) is 4.74 Å². The summed E-state index contributed by atoms with van der Waals surface area (Å²) in [5.41, 5.74) is -1.48. The summed E-state index contributed by atoms with van der Waals surface area (Å²) < 4.78 is 28.1. The second-order valence-electron chi connectivity index (χ2n) is 6.40. The molecule has 1 aliphatic heterocycles. The van der Waals surface area contributed by atoms with E-state index >= 15 is 0 Å². The maximum absolute atomic E-state index is 12.2. The van der Waals surface area contributed by atoms with E-state index in [1.807, 2.05) is 0 Å². The number of hydrogen-bond donors (Lipinski definition) is 1. The van der Waals surface area contributed by atoms with Gasteiger partial charge < -0.3 is 14.7 Å². The quantitative estimate of drug-likeness (QED) is 0.716. The topological polar surface area (TPSA) is 101 Å². The molecule has 1 N–H and O–H groups in total. The third kappa shape index (κ3) is 4.44. The Bertz CT molecular complexity index is 552. The number of esters is 1. The van der Waals surface area contributed by atoms with Crippen molar-refractivity contribution in [3.8, 4) is 0 Å². The monoisotopic (exact) mass is 347 g/mol. The molecule has 1 unspecified atom stereocenters. The number of carbonyl (C=O) groups is 2. The maximum Gasteiger partial charge on any atom is 0.338 e. The van der Waals surface area contributed by atoms with Gasteiger partial charge in [0.05, 0.1) is 11.5 Å². The summed E-state index contributed by atoms with van der Waals surface area (Å²) in [6.45, 7) is 1.67. The van der Waals surface area contributed by atoms with Crippen molar-refractivity contribution in [1.82, 2.24) is 4.90 Å². The van der Waals surface area contributed by atoms with Crippen molar-refractivity contribution >= 4 is 21.7 Å². The van der Waals surface area contributed by atoms with Crippen LogP contribution in [-0.2, 0) is 24.2 Å². The molecule has 7 nitrogen and oxygen atoms in total. The average molecular weight is 347 g/mol. The van der Waals surface area contributed by atoms with Crippen LogP contribution in [0.15, 0.2) is 0 Å². The second-order valence-corrected chi connectivity index (χ2v) is 8.63. The maximum atomic E-state index is 12.2. The Morgan fingerprint density at radius 3 is 2.43 bits per heavy atom. The van der Waals surface area contributed by atoms with Gasteiger partial charge in [-0.1, -0.05) is 6.42 Å². The number of rotatable bonds is 5. The Hall–Kier alpha value is -1.15. The first kappa shape index (κ1) is 18.2. The summed E-state index contributed by atoms with van der Waals surface area (Å²) >= 11 is 0. The Morgan fingerprint density at radius 1 is 1.26 bits per heavy atom. The molecular weight excluding hydrogens is 322 g/mol. The summed E-state index contributed by atoms with van der Waals surface area (Å²) in [4.78, 5) is 25.7. The minimum absolute atomic E-state index is 0.0372. The third-order valence-electron chi connectivity index (χ3n) is 4.70. The van der Waals surface area contributed by atoms with E-state index < -0.39 is 33.9 Å². The van der Waals surface area contributed by atoms with Gasteiger partial charge in [-0.05, 0) is 39.0 Å². The average Bonchev–Trinajstić information content (AvgIpc) is 2.86. The molecule has 1 saturated heterocycles. The number of sulfone groups is 1. The van der Waals surface area contributed by atoms with Crippen LogP contribution in [0.3, 0.4) is 0 Å². The van der Waals surface area contributed by atoms with Gasteiger partial charge in [0, 0.05) is 12.6 Å². The Kier molecular flexibility index (Phi) is 5.67. The molecule has 0 aromatic carbocycles. The molecule has 1 heterocycles. The molecule has 1 aliphatic carbocycles. The lowest BCUT2D eigenvalue weighted by molar-refractivity contribution is -0.172. The molecule has 8 heteroatoms. The summed E-state index contributed by atoms with van der Waals surface area (Å²) in [6, 6.07) is -0.353. The molecule has 0 bridgehead atoms. The number of amides is 1. The first-order valence-corrected chi connectivity index (χ1v) is 9.99. The molecule has 2 fully saturated rings. The highest BCUT2D eigenvalue weighted by Crippen LogP contribution is 2.29. The molecule has 0 aromatic heterocycles.